The van der Waals surface area contributed by atoms with Crippen molar-refractivity contribution in [3.8, 4) is 5.75 Å². The summed E-state index contributed by atoms with van der Waals surface area (Å²) in [6.07, 6.45) is 1.83. The quantitative estimate of drug-likeness (QED) is 0.160. The number of phenolic OH excluding ortho intramolecular Hbond substituents is 1. The van der Waals surface area contributed by atoms with E-state index in [1.165, 1.54) is 18.2 Å². The van der Waals surface area contributed by atoms with Gasteiger partial charge in [-0.15, -0.1) is 0 Å². The number of nitrogens with one attached hydrogen (secondary N) is 2. The number of hydrazone groups is 1. The highest BCUT2D eigenvalue weighted by molar-refractivity contribution is 6.32. The van der Waals surface area contributed by atoms with Gasteiger partial charge in [0.25, 0.3) is 5.91 Å². The van der Waals surface area contributed by atoms with Gasteiger partial charge >= 0.3 is 0 Å². The number of anilines is 1. The Morgan fingerprint density at radius 1 is 0.974 bits per heavy atom. The van der Waals surface area contributed by atoms with Gasteiger partial charge in [0.05, 0.1) is 17.7 Å². The molecule has 0 radical (unpaired) electrons. The van der Waals surface area contributed by atoms with E-state index in [-0.39, 0.29) is 28.7 Å². The van der Waals surface area contributed by atoms with Crippen molar-refractivity contribution in [2.45, 2.75) is 13.3 Å². The zero-order valence-electron chi connectivity index (χ0n) is 21.3. The highest BCUT2D eigenvalue weighted by atomic mass is 35.5. The standard InChI is InChI=1S/C30H28Cl2N4O3/c1-2-36(16-15-33-24-12-10-23(31)11-13-24)29(38)18-20-7-8-22(26-6-4-3-5-25(20)26)19-34-35-30(39)21-9-14-28(37)27(32)17-21/h3-14,17,19,33,37H,2,15-16,18H2,1H3,(H,35,39)/b34-19+. The van der Waals surface area contributed by atoms with Crippen LogP contribution in [0.25, 0.3) is 10.8 Å². The lowest BCUT2D eigenvalue weighted by molar-refractivity contribution is -0.130. The SMILES string of the molecule is CCN(CCNc1ccc(Cl)cc1)C(=O)Cc1ccc(/C=N/NC(=O)c2ccc(O)c(Cl)c2)c2ccccc12. The van der Waals surface area contributed by atoms with Gasteiger partial charge in [-0.1, -0.05) is 59.6 Å². The van der Waals surface area contributed by atoms with Gasteiger partial charge < -0.3 is 15.3 Å². The summed E-state index contributed by atoms with van der Waals surface area (Å²) in [7, 11) is 0. The Balaban J connectivity index is 1.42. The number of hydrogen-bond acceptors (Lipinski definition) is 5. The van der Waals surface area contributed by atoms with Crippen LogP contribution in [0.1, 0.15) is 28.4 Å². The molecule has 0 saturated heterocycles. The third-order valence-electron chi connectivity index (χ3n) is 6.26. The van der Waals surface area contributed by atoms with E-state index in [9.17, 15) is 14.7 Å². The van der Waals surface area contributed by atoms with E-state index in [1.54, 1.807) is 6.21 Å². The van der Waals surface area contributed by atoms with Crippen LogP contribution in [0.5, 0.6) is 5.75 Å². The first-order valence-electron chi connectivity index (χ1n) is 12.5. The summed E-state index contributed by atoms with van der Waals surface area (Å²) in [6.45, 7) is 3.78. The fourth-order valence-electron chi connectivity index (χ4n) is 4.16. The van der Waals surface area contributed by atoms with Gasteiger partial charge in [0.15, 0.2) is 0 Å². The third kappa shape index (κ3) is 7.28. The lowest BCUT2D eigenvalue weighted by Gasteiger charge is -2.22. The van der Waals surface area contributed by atoms with Crippen molar-refractivity contribution >= 4 is 57.7 Å². The summed E-state index contributed by atoms with van der Waals surface area (Å²) in [5.74, 6) is -0.509. The van der Waals surface area contributed by atoms with E-state index < -0.39 is 5.91 Å². The van der Waals surface area contributed by atoms with Gasteiger partial charge in [-0.2, -0.15) is 5.10 Å². The molecule has 39 heavy (non-hydrogen) atoms. The number of hydrogen-bond donors (Lipinski definition) is 3. The van der Waals surface area contributed by atoms with Crippen LogP contribution in [0.15, 0.2) is 84.0 Å². The summed E-state index contributed by atoms with van der Waals surface area (Å²) in [5, 5.41) is 19.6. The Morgan fingerprint density at radius 2 is 1.72 bits per heavy atom. The molecule has 0 atom stereocenters. The number of aromatic hydroxyl groups is 1. The van der Waals surface area contributed by atoms with Gasteiger partial charge in [-0.25, -0.2) is 5.43 Å². The molecule has 0 aliphatic carbocycles. The number of amides is 2. The second-order valence-corrected chi connectivity index (χ2v) is 9.65. The van der Waals surface area contributed by atoms with Crippen molar-refractivity contribution in [3.63, 3.8) is 0 Å². The Labute approximate surface area is 237 Å². The number of phenols is 1. The molecule has 4 aromatic rings. The summed E-state index contributed by atoms with van der Waals surface area (Å²) < 4.78 is 0. The van der Waals surface area contributed by atoms with Crippen LogP contribution in [0.3, 0.4) is 0 Å². The molecule has 7 nitrogen and oxygen atoms in total. The number of benzene rings is 4. The monoisotopic (exact) mass is 562 g/mol. The minimum absolute atomic E-state index is 0.0433. The fraction of sp³-hybridized carbons (Fsp3) is 0.167. The number of nitrogens with zero attached hydrogens (tertiary/aromatic N) is 2. The van der Waals surface area contributed by atoms with Gasteiger partial charge in [0, 0.05) is 41.5 Å². The lowest BCUT2D eigenvalue weighted by Crippen LogP contribution is -2.36. The van der Waals surface area contributed by atoms with E-state index in [0.29, 0.717) is 24.7 Å². The van der Waals surface area contributed by atoms with Crippen LogP contribution in [0, 0.1) is 0 Å². The van der Waals surface area contributed by atoms with E-state index in [4.69, 9.17) is 23.2 Å². The number of carbonyl (C=O) groups excluding carboxylic acids is 2. The summed E-state index contributed by atoms with van der Waals surface area (Å²) in [4.78, 5) is 27.4. The molecular weight excluding hydrogens is 535 g/mol. The molecule has 2 amide bonds. The van der Waals surface area contributed by atoms with Crippen molar-refractivity contribution in [2.24, 2.45) is 5.10 Å². The Hall–Kier alpha value is -4.07. The van der Waals surface area contributed by atoms with Crippen molar-refractivity contribution in [1.82, 2.24) is 10.3 Å². The topological polar surface area (TPSA) is 94.0 Å². The first kappa shape index (κ1) is 28.0. The van der Waals surface area contributed by atoms with Gasteiger partial charge in [-0.05, 0) is 65.7 Å². The minimum atomic E-state index is -0.454. The van der Waals surface area contributed by atoms with Crippen molar-refractivity contribution < 1.29 is 14.7 Å². The predicted octanol–water partition coefficient (Wildman–Crippen LogP) is 6.12. The van der Waals surface area contributed by atoms with Crippen LogP contribution in [0.2, 0.25) is 10.0 Å². The molecule has 0 aliphatic rings. The molecule has 0 saturated carbocycles. The van der Waals surface area contributed by atoms with Gasteiger partial charge in [-0.3, -0.25) is 9.59 Å². The van der Waals surface area contributed by atoms with Crippen LogP contribution >= 0.6 is 23.2 Å². The van der Waals surface area contributed by atoms with E-state index in [0.717, 1.165) is 27.6 Å². The molecule has 0 unspecified atom stereocenters. The number of likely N-dealkylation sites (N-methyl/N-ethyl adjacent to an activating group) is 1. The molecule has 0 aliphatic heterocycles. The Morgan fingerprint density at radius 3 is 2.44 bits per heavy atom. The summed E-state index contributed by atoms with van der Waals surface area (Å²) in [5.41, 5.74) is 5.42. The summed E-state index contributed by atoms with van der Waals surface area (Å²) in [6, 6.07) is 23.2. The first-order chi connectivity index (χ1) is 18.9. The maximum absolute atomic E-state index is 13.2. The summed E-state index contributed by atoms with van der Waals surface area (Å²) >= 11 is 11.8. The Bertz CT molecular complexity index is 1510. The third-order valence-corrected chi connectivity index (χ3v) is 6.81. The average Bonchev–Trinajstić information content (AvgIpc) is 2.94. The number of carbonyl (C=O) groups is 2. The number of halogens is 2. The predicted molar refractivity (Wildman–Crippen MR) is 158 cm³/mol. The fourth-order valence-corrected chi connectivity index (χ4v) is 4.47. The second kappa shape index (κ2) is 13.1. The molecule has 0 heterocycles. The molecule has 9 heteroatoms. The van der Waals surface area contributed by atoms with Crippen molar-refractivity contribution in [2.75, 3.05) is 25.0 Å². The van der Waals surface area contributed by atoms with E-state index >= 15 is 0 Å². The molecule has 200 valence electrons. The normalized spacial score (nSPS) is 11.1. The van der Waals surface area contributed by atoms with Crippen LogP contribution in [0.4, 0.5) is 5.69 Å². The maximum atomic E-state index is 13.2. The Kier molecular flexibility index (Phi) is 9.41. The highest BCUT2D eigenvalue weighted by Gasteiger charge is 2.15. The van der Waals surface area contributed by atoms with Crippen LogP contribution in [-0.4, -0.2) is 47.7 Å². The molecule has 3 N–H and O–H groups in total. The minimum Gasteiger partial charge on any atom is -0.506 e. The smallest absolute Gasteiger partial charge is 0.271 e. The second-order valence-electron chi connectivity index (χ2n) is 8.81. The highest BCUT2D eigenvalue weighted by Crippen LogP contribution is 2.24. The van der Waals surface area contributed by atoms with Gasteiger partial charge in [0.2, 0.25) is 5.91 Å². The van der Waals surface area contributed by atoms with E-state index in [2.05, 4.69) is 15.8 Å². The first-order valence-corrected chi connectivity index (χ1v) is 13.2. The van der Waals surface area contributed by atoms with E-state index in [1.807, 2.05) is 72.5 Å². The largest absolute Gasteiger partial charge is 0.506 e. The molecule has 4 aromatic carbocycles. The molecule has 0 spiro atoms. The van der Waals surface area contributed by atoms with Crippen molar-refractivity contribution in [1.29, 1.82) is 0 Å². The lowest BCUT2D eigenvalue weighted by atomic mass is 9.98. The van der Waals surface area contributed by atoms with Crippen molar-refractivity contribution in [3.05, 3.63) is 106 Å². The van der Waals surface area contributed by atoms with Crippen LogP contribution in [-0.2, 0) is 11.2 Å². The molecule has 4 rings (SSSR count). The molecule has 0 aromatic heterocycles. The molecule has 0 bridgehead atoms. The molecule has 0 fully saturated rings. The number of rotatable bonds is 10. The average molecular weight is 563 g/mol. The maximum Gasteiger partial charge on any atom is 0.271 e. The zero-order chi connectivity index (χ0) is 27.8. The van der Waals surface area contributed by atoms with Crippen LogP contribution < -0.4 is 10.7 Å². The van der Waals surface area contributed by atoms with Gasteiger partial charge in [0.1, 0.15) is 5.75 Å². The number of fused-ring (bicyclic) bond motifs is 1. The zero-order valence-corrected chi connectivity index (χ0v) is 22.8. The molecular formula is C30H28Cl2N4O3.